The van der Waals surface area contributed by atoms with Crippen molar-refractivity contribution in [2.75, 3.05) is 12.4 Å². The summed E-state index contributed by atoms with van der Waals surface area (Å²) in [7, 11) is 3.76. The smallest absolute Gasteiger partial charge is 0.165 e. The first-order valence-electron chi connectivity index (χ1n) is 5.39. The van der Waals surface area contributed by atoms with Crippen LogP contribution in [-0.4, -0.2) is 26.8 Å². The minimum absolute atomic E-state index is 0.722. The Morgan fingerprint density at radius 1 is 1.41 bits per heavy atom. The number of aryl methyl sites for hydroxylation is 2. The lowest BCUT2D eigenvalue weighted by Gasteiger charge is -2.08. The number of aromatic nitrogens is 4. The van der Waals surface area contributed by atoms with Gasteiger partial charge in [0, 0.05) is 20.3 Å². The number of rotatable bonds is 3. The van der Waals surface area contributed by atoms with E-state index in [0.29, 0.717) is 0 Å². The fourth-order valence-corrected chi connectivity index (χ4v) is 2.45. The highest BCUT2D eigenvalue weighted by atomic mass is 127. The maximum absolute atomic E-state index is 4.57. The van der Waals surface area contributed by atoms with Gasteiger partial charge in [0.25, 0.3) is 0 Å². The molecular weight excluding hydrogens is 329 g/mol. The van der Waals surface area contributed by atoms with Crippen molar-refractivity contribution < 1.29 is 0 Å². The third-order valence-corrected chi connectivity index (χ3v) is 3.59. The number of nitrogens with zero attached hydrogens (tertiary/aromatic N) is 4. The summed E-state index contributed by atoms with van der Waals surface area (Å²) in [5.41, 5.74) is 2.00. The molecule has 2 aromatic rings. The van der Waals surface area contributed by atoms with Crippen LogP contribution in [-0.2, 0) is 13.5 Å². The standard InChI is InChI=1S/C11H14IN5/c1-4-8-9(12)11(13-2)16-10(15-8)7-5-14-17(3)6-7/h5-6H,4H2,1-3H3,(H,13,15,16). The van der Waals surface area contributed by atoms with E-state index in [1.807, 2.05) is 20.3 Å². The van der Waals surface area contributed by atoms with Gasteiger partial charge < -0.3 is 5.32 Å². The van der Waals surface area contributed by atoms with Crippen LogP contribution in [0.3, 0.4) is 0 Å². The zero-order valence-corrected chi connectivity index (χ0v) is 12.2. The van der Waals surface area contributed by atoms with Crippen molar-refractivity contribution in [1.82, 2.24) is 19.7 Å². The Morgan fingerprint density at radius 2 is 2.18 bits per heavy atom. The Bertz CT molecular complexity index is 509. The van der Waals surface area contributed by atoms with E-state index in [2.05, 4.69) is 49.9 Å². The molecule has 0 unspecified atom stereocenters. The van der Waals surface area contributed by atoms with E-state index >= 15 is 0 Å². The molecule has 0 atom stereocenters. The first kappa shape index (κ1) is 12.3. The number of hydrogen-bond donors (Lipinski definition) is 1. The van der Waals surface area contributed by atoms with Crippen molar-refractivity contribution in [2.45, 2.75) is 13.3 Å². The van der Waals surface area contributed by atoms with Crippen LogP contribution in [0.5, 0.6) is 0 Å². The Balaban J connectivity index is 2.55. The van der Waals surface area contributed by atoms with Crippen LogP contribution in [0, 0.1) is 3.57 Å². The molecule has 0 aromatic carbocycles. The van der Waals surface area contributed by atoms with E-state index in [4.69, 9.17) is 0 Å². The zero-order valence-electron chi connectivity index (χ0n) is 10.0. The summed E-state index contributed by atoms with van der Waals surface area (Å²) in [6.07, 6.45) is 4.59. The molecule has 2 aromatic heterocycles. The zero-order chi connectivity index (χ0) is 12.4. The van der Waals surface area contributed by atoms with Gasteiger partial charge in [0.1, 0.15) is 5.82 Å². The van der Waals surface area contributed by atoms with Crippen LogP contribution in [0.25, 0.3) is 11.4 Å². The normalized spacial score (nSPS) is 10.6. The van der Waals surface area contributed by atoms with Crippen LogP contribution >= 0.6 is 22.6 Å². The van der Waals surface area contributed by atoms with Crippen LogP contribution in [0.2, 0.25) is 0 Å². The number of halogens is 1. The molecule has 0 fully saturated rings. The molecule has 1 N–H and O–H groups in total. The van der Waals surface area contributed by atoms with Crippen molar-refractivity contribution in [3.63, 3.8) is 0 Å². The predicted molar refractivity (Wildman–Crippen MR) is 75.9 cm³/mol. The van der Waals surface area contributed by atoms with Crippen molar-refractivity contribution in [1.29, 1.82) is 0 Å². The summed E-state index contributed by atoms with van der Waals surface area (Å²) in [6.45, 7) is 2.09. The molecule has 0 spiro atoms. The van der Waals surface area contributed by atoms with Gasteiger partial charge in [0.05, 0.1) is 21.0 Å². The molecule has 90 valence electrons. The molecule has 0 bridgehead atoms. The average molecular weight is 343 g/mol. The summed E-state index contributed by atoms with van der Waals surface area (Å²) in [5, 5.41) is 7.24. The van der Waals surface area contributed by atoms with Gasteiger partial charge in [-0.25, -0.2) is 9.97 Å². The summed E-state index contributed by atoms with van der Waals surface area (Å²) < 4.78 is 2.83. The summed E-state index contributed by atoms with van der Waals surface area (Å²) in [4.78, 5) is 9.07. The fourth-order valence-electron chi connectivity index (χ4n) is 1.56. The molecule has 0 saturated heterocycles. The largest absolute Gasteiger partial charge is 0.372 e. The number of nitrogens with one attached hydrogen (secondary N) is 1. The maximum atomic E-state index is 4.57. The second-order valence-electron chi connectivity index (χ2n) is 3.66. The average Bonchev–Trinajstić information content (AvgIpc) is 2.76. The highest BCUT2D eigenvalue weighted by Gasteiger charge is 2.12. The monoisotopic (exact) mass is 343 g/mol. The molecule has 2 rings (SSSR count). The number of hydrogen-bond acceptors (Lipinski definition) is 4. The molecule has 0 aliphatic carbocycles. The summed E-state index contributed by atoms with van der Waals surface area (Å²) in [5.74, 6) is 1.59. The van der Waals surface area contributed by atoms with E-state index < -0.39 is 0 Å². The molecule has 17 heavy (non-hydrogen) atoms. The van der Waals surface area contributed by atoms with Gasteiger partial charge in [-0.3, -0.25) is 4.68 Å². The van der Waals surface area contributed by atoms with Gasteiger partial charge in [0.15, 0.2) is 5.82 Å². The van der Waals surface area contributed by atoms with E-state index in [1.54, 1.807) is 10.9 Å². The van der Waals surface area contributed by atoms with E-state index in [1.165, 1.54) is 0 Å². The summed E-state index contributed by atoms with van der Waals surface area (Å²) >= 11 is 2.27. The lowest BCUT2D eigenvalue weighted by molar-refractivity contribution is 0.768. The first-order valence-corrected chi connectivity index (χ1v) is 6.46. The molecule has 0 aliphatic rings. The lowest BCUT2D eigenvalue weighted by atomic mass is 10.2. The molecule has 0 radical (unpaired) electrons. The first-order chi connectivity index (χ1) is 8.15. The fraction of sp³-hybridized carbons (Fsp3) is 0.364. The van der Waals surface area contributed by atoms with Crippen LogP contribution in [0.1, 0.15) is 12.6 Å². The van der Waals surface area contributed by atoms with Crippen LogP contribution in [0.15, 0.2) is 12.4 Å². The molecule has 0 saturated carbocycles. The highest BCUT2D eigenvalue weighted by molar-refractivity contribution is 14.1. The Labute approximate surface area is 114 Å². The van der Waals surface area contributed by atoms with Gasteiger partial charge in [-0.15, -0.1) is 0 Å². The van der Waals surface area contributed by atoms with Gasteiger partial charge in [0.2, 0.25) is 0 Å². The summed E-state index contributed by atoms with van der Waals surface area (Å²) in [6, 6.07) is 0. The van der Waals surface area contributed by atoms with Crippen molar-refractivity contribution in [3.05, 3.63) is 21.7 Å². The van der Waals surface area contributed by atoms with Gasteiger partial charge in [-0.05, 0) is 29.0 Å². The van der Waals surface area contributed by atoms with E-state index in [-0.39, 0.29) is 0 Å². The predicted octanol–water partition coefficient (Wildman–Crippen LogP) is 2.09. The van der Waals surface area contributed by atoms with Gasteiger partial charge in [-0.2, -0.15) is 5.10 Å². The van der Waals surface area contributed by atoms with Crippen molar-refractivity contribution in [2.24, 2.45) is 7.05 Å². The van der Waals surface area contributed by atoms with Crippen LogP contribution < -0.4 is 5.32 Å². The quantitative estimate of drug-likeness (QED) is 0.867. The third kappa shape index (κ3) is 2.41. The second-order valence-corrected chi connectivity index (χ2v) is 4.74. The van der Waals surface area contributed by atoms with Gasteiger partial charge in [-0.1, -0.05) is 6.92 Å². The van der Waals surface area contributed by atoms with Crippen LogP contribution in [0.4, 0.5) is 5.82 Å². The minimum atomic E-state index is 0.722. The Kier molecular flexibility index (Phi) is 3.60. The Hall–Kier alpha value is -1.18. The maximum Gasteiger partial charge on any atom is 0.165 e. The van der Waals surface area contributed by atoms with Gasteiger partial charge >= 0.3 is 0 Å². The third-order valence-electron chi connectivity index (χ3n) is 2.45. The molecule has 2 heterocycles. The molecular formula is C11H14IN5. The lowest BCUT2D eigenvalue weighted by Crippen LogP contribution is -2.04. The highest BCUT2D eigenvalue weighted by Crippen LogP contribution is 2.23. The molecule has 0 aliphatic heterocycles. The SMILES string of the molecule is CCc1nc(-c2cnn(C)c2)nc(NC)c1I. The van der Waals surface area contributed by atoms with Crippen molar-refractivity contribution in [3.8, 4) is 11.4 Å². The van der Waals surface area contributed by atoms with E-state index in [0.717, 1.165) is 32.9 Å². The second kappa shape index (κ2) is 4.99. The molecule has 6 heteroatoms. The van der Waals surface area contributed by atoms with E-state index in [9.17, 15) is 0 Å². The van der Waals surface area contributed by atoms with Crippen molar-refractivity contribution >= 4 is 28.4 Å². The topological polar surface area (TPSA) is 55.6 Å². The molecule has 5 nitrogen and oxygen atoms in total. The minimum Gasteiger partial charge on any atom is -0.372 e. The number of anilines is 1. The molecule has 0 amide bonds. The Morgan fingerprint density at radius 3 is 2.71 bits per heavy atom.